The van der Waals surface area contributed by atoms with E-state index < -0.39 is 0 Å². The highest BCUT2D eigenvalue weighted by Gasteiger charge is 2.05. The van der Waals surface area contributed by atoms with Gasteiger partial charge in [-0.05, 0) is 52.6 Å². The summed E-state index contributed by atoms with van der Waals surface area (Å²) < 4.78 is 0. The summed E-state index contributed by atoms with van der Waals surface area (Å²) in [6.45, 7) is 6.02. The van der Waals surface area contributed by atoms with Crippen LogP contribution in [0.2, 0.25) is 0 Å². The van der Waals surface area contributed by atoms with Gasteiger partial charge in [-0.15, -0.1) is 0 Å². The van der Waals surface area contributed by atoms with Gasteiger partial charge in [0.25, 0.3) is 0 Å². The van der Waals surface area contributed by atoms with Crippen LogP contribution in [0.3, 0.4) is 0 Å². The molecule has 0 aliphatic heterocycles. The second kappa shape index (κ2) is 8.48. The average Bonchev–Trinajstić information content (AvgIpc) is 2.11. The van der Waals surface area contributed by atoms with E-state index in [-0.39, 0.29) is 0 Å². The van der Waals surface area contributed by atoms with Gasteiger partial charge in [-0.1, -0.05) is 0 Å². The average molecular weight is 187 g/mol. The molecule has 0 saturated carbocycles. The van der Waals surface area contributed by atoms with E-state index in [0.717, 1.165) is 25.9 Å². The molecule has 5 N–H and O–H groups in total. The second-order valence-electron chi connectivity index (χ2n) is 3.83. The Morgan fingerprint density at radius 3 is 1.62 bits per heavy atom. The van der Waals surface area contributed by atoms with E-state index in [4.69, 9.17) is 11.5 Å². The SMILES string of the molecule is CC(CCCN)NC(C)CCCN. The highest BCUT2D eigenvalue weighted by atomic mass is 14.9. The van der Waals surface area contributed by atoms with E-state index in [1.807, 2.05) is 0 Å². The smallest absolute Gasteiger partial charge is 0.00416 e. The number of hydrogen-bond donors (Lipinski definition) is 3. The molecular formula is C10H25N3. The van der Waals surface area contributed by atoms with Gasteiger partial charge in [-0.2, -0.15) is 0 Å². The fraction of sp³-hybridized carbons (Fsp3) is 1.00. The van der Waals surface area contributed by atoms with Gasteiger partial charge in [-0.3, -0.25) is 0 Å². The standard InChI is InChI=1S/C10H25N3/c1-9(5-3-7-11)13-10(2)6-4-8-12/h9-10,13H,3-8,11-12H2,1-2H3. The molecule has 3 nitrogen and oxygen atoms in total. The Morgan fingerprint density at radius 2 is 1.31 bits per heavy atom. The number of nitrogens with two attached hydrogens (primary N) is 2. The zero-order valence-electron chi connectivity index (χ0n) is 9.05. The molecule has 0 radical (unpaired) electrons. The van der Waals surface area contributed by atoms with Crippen LogP contribution in [-0.4, -0.2) is 25.2 Å². The van der Waals surface area contributed by atoms with Gasteiger partial charge in [0.05, 0.1) is 0 Å². The molecule has 2 atom stereocenters. The zero-order valence-corrected chi connectivity index (χ0v) is 9.05. The molecule has 80 valence electrons. The summed E-state index contributed by atoms with van der Waals surface area (Å²) in [4.78, 5) is 0. The van der Waals surface area contributed by atoms with E-state index in [0.29, 0.717) is 12.1 Å². The van der Waals surface area contributed by atoms with Gasteiger partial charge in [-0.25, -0.2) is 0 Å². The third-order valence-corrected chi connectivity index (χ3v) is 2.25. The van der Waals surface area contributed by atoms with Crippen LogP contribution in [0.4, 0.5) is 0 Å². The zero-order chi connectivity index (χ0) is 10.1. The third-order valence-electron chi connectivity index (χ3n) is 2.25. The summed E-state index contributed by atoms with van der Waals surface area (Å²) in [5.74, 6) is 0. The summed E-state index contributed by atoms with van der Waals surface area (Å²) in [5.41, 5.74) is 10.9. The van der Waals surface area contributed by atoms with Crippen molar-refractivity contribution in [1.82, 2.24) is 5.32 Å². The fourth-order valence-corrected chi connectivity index (χ4v) is 1.50. The number of nitrogens with one attached hydrogen (secondary N) is 1. The molecule has 2 unspecified atom stereocenters. The predicted molar refractivity (Wildman–Crippen MR) is 58.6 cm³/mol. The van der Waals surface area contributed by atoms with Gasteiger partial charge < -0.3 is 16.8 Å². The van der Waals surface area contributed by atoms with Crippen molar-refractivity contribution in [3.63, 3.8) is 0 Å². The van der Waals surface area contributed by atoms with Crippen LogP contribution in [0.25, 0.3) is 0 Å². The molecule has 0 aliphatic carbocycles. The summed E-state index contributed by atoms with van der Waals surface area (Å²) in [6, 6.07) is 1.16. The van der Waals surface area contributed by atoms with Crippen molar-refractivity contribution in [3.8, 4) is 0 Å². The van der Waals surface area contributed by atoms with Crippen LogP contribution in [0, 0.1) is 0 Å². The Balaban J connectivity index is 3.35. The minimum atomic E-state index is 0.580. The summed E-state index contributed by atoms with van der Waals surface area (Å²) in [5, 5.41) is 3.54. The van der Waals surface area contributed by atoms with Crippen LogP contribution >= 0.6 is 0 Å². The Bertz CT molecular complexity index is 94.3. The summed E-state index contributed by atoms with van der Waals surface area (Å²) >= 11 is 0. The first kappa shape index (κ1) is 12.9. The maximum atomic E-state index is 5.44. The van der Waals surface area contributed by atoms with Crippen LogP contribution < -0.4 is 16.8 Å². The number of hydrogen-bond acceptors (Lipinski definition) is 3. The fourth-order valence-electron chi connectivity index (χ4n) is 1.50. The highest BCUT2D eigenvalue weighted by molar-refractivity contribution is 4.67. The molecule has 0 aromatic rings. The summed E-state index contributed by atoms with van der Waals surface area (Å²) in [6.07, 6.45) is 4.56. The molecule has 0 rings (SSSR count). The van der Waals surface area contributed by atoms with Crippen molar-refractivity contribution in [1.29, 1.82) is 0 Å². The van der Waals surface area contributed by atoms with E-state index in [9.17, 15) is 0 Å². The van der Waals surface area contributed by atoms with Gasteiger partial charge in [0.1, 0.15) is 0 Å². The van der Waals surface area contributed by atoms with Gasteiger partial charge >= 0.3 is 0 Å². The largest absolute Gasteiger partial charge is 0.330 e. The molecule has 0 heterocycles. The van der Waals surface area contributed by atoms with E-state index >= 15 is 0 Å². The van der Waals surface area contributed by atoms with Crippen molar-refractivity contribution in [2.45, 2.75) is 51.6 Å². The normalized spacial score (nSPS) is 15.7. The highest BCUT2D eigenvalue weighted by Crippen LogP contribution is 2.00. The predicted octanol–water partition coefficient (Wildman–Crippen LogP) is 0.831. The first-order valence-electron chi connectivity index (χ1n) is 5.37. The van der Waals surface area contributed by atoms with E-state index in [2.05, 4.69) is 19.2 Å². The van der Waals surface area contributed by atoms with Gasteiger partial charge in [0, 0.05) is 12.1 Å². The molecule has 0 aliphatic rings. The first-order chi connectivity index (χ1) is 6.20. The Morgan fingerprint density at radius 1 is 0.923 bits per heavy atom. The molecule has 0 amide bonds. The monoisotopic (exact) mass is 187 g/mol. The summed E-state index contributed by atoms with van der Waals surface area (Å²) in [7, 11) is 0. The van der Waals surface area contributed by atoms with E-state index in [1.165, 1.54) is 12.8 Å². The molecule has 0 aromatic carbocycles. The molecule has 13 heavy (non-hydrogen) atoms. The lowest BCUT2D eigenvalue weighted by Gasteiger charge is -2.19. The van der Waals surface area contributed by atoms with Crippen molar-refractivity contribution < 1.29 is 0 Å². The van der Waals surface area contributed by atoms with Crippen LogP contribution in [0.5, 0.6) is 0 Å². The second-order valence-corrected chi connectivity index (χ2v) is 3.83. The minimum Gasteiger partial charge on any atom is -0.330 e. The Hall–Kier alpha value is -0.120. The van der Waals surface area contributed by atoms with Gasteiger partial charge in [0.2, 0.25) is 0 Å². The van der Waals surface area contributed by atoms with Crippen molar-refractivity contribution in [2.75, 3.05) is 13.1 Å². The molecule has 0 spiro atoms. The molecule has 0 saturated heterocycles. The topological polar surface area (TPSA) is 64.1 Å². The molecule has 0 aromatic heterocycles. The van der Waals surface area contributed by atoms with Gasteiger partial charge in [0.15, 0.2) is 0 Å². The Labute approximate surface area is 82.3 Å². The molecule has 0 fully saturated rings. The lowest BCUT2D eigenvalue weighted by Crippen LogP contribution is -2.35. The van der Waals surface area contributed by atoms with Crippen molar-refractivity contribution >= 4 is 0 Å². The molecule has 0 bridgehead atoms. The number of rotatable bonds is 8. The first-order valence-corrected chi connectivity index (χ1v) is 5.37. The lowest BCUT2D eigenvalue weighted by molar-refractivity contribution is 0.417. The molecule has 3 heteroatoms. The van der Waals surface area contributed by atoms with Crippen LogP contribution in [0.15, 0.2) is 0 Å². The van der Waals surface area contributed by atoms with Crippen molar-refractivity contribution in [3.05, 3.63) is 0 Å². The molecular weight excluding hydrogens is 162 g/mol. The maximum absolute atomic E-state index is 5.44. The maximum Gasteiger partial charge on any atom is 0.00416 e. The third kappa shape index (κ3) is 8.22. The van der Waals surface area contributed by atoms with E-state index in [1.54, 1.807) is 0 Å². The lowest BCUT2D eigenvalue weighted by atomic mass is 10.1. The minimum absolute atomic E-state index is 0.580. The van der Waals surface area contributed by atoms with Crippen molar-refractivity contribution in [2.24, 2.45) is 11.5 Å². The van der Waals surface area contributed by atoms with Crippen LogP contribution in [0.1, 0.15) is 39.5 Å². The quantitative estimate of drug-likeness (QED) is 0.527. The van der Waals surface area contributed by atoms with Crippen LogP contribution in [-0.2, 0) is 0 Å². The Kier molecular flexibility index (Phi) is 8.40.